The summed E-state index contributed by atoms with van der Waals surface area (Å²) in [5.74, 6) is -6.69. The number of carboxylic acid groups (broad SMARTS) is 4. The second-order valence-electron chi connectivity index (χ2n) is 5.48. The van der Waals surface area contributed by atoms with Crippen LogP contribution < -0.4 is 0 Å². The van der Waals surface area contributed by atoms with Gasteiger partial charge >= 0.3 is 23.9 Å². The predicted molar refractivity (Wildman–Crippen MR) is 92.5 cm³/mol. The van der Waals surface area contributed by atoms with E-state index in [1.165, 1.54) is 31.2 Å². The highest BCUT2D eigenvalue weighted by atomic mass is 16.4. The van der Waals surface area contributed by atoms with Crippen molar-refractivity contribution in [1.82, 2.24) is 0 Å². The normalized spacial score (nSPS) is 10.5. The van der Waals surface area contributed by atoms with Gasteiger partial charge in [-0.15, -0.1) is 0 Å². The molecular formula is C18H18O8. The van der Waals surface area contributed by atoms with Crippen LogP contribution in [-0.4, -0.2) is 44.3 Å². The first-order valence-corrected chi connectivity index (χ1v) is 7.35. The zero-order valence-electron chi connectivity index (χ0n) is 13.5. The van der Waals surface area contributed by atoms with Gasteiger partial charge in [0.15, 0.2) is 0 Å². The molecule has 0 saturated heterocycles. The average molecular weight is 362 g/mol. The Balaban J connectivity index is 0.00000364. The van der Waals surface area contributed by atoms with E-state index in [1.54, 1.807) is 0 Å². The lowest BCUT2D eigenvalue weighted by Gasteiger charge is -2.19. The van der Waals surface area contributed by atoms with Crippen molar-refractivity contribution in [3.05, 3.63) is 69.8 Å². The molecule has 0 aromatic heterocycles. The summed E-state index contributed by atoms with van der Waals surface area (Å²) in [6, 6.07) is 7.72. The fraction of sp³-hybridized carbons (Fsp3) is 0.111. The lowest BCUT2D eigenvalue weighted by Crippen LogP contribution is -2.17. The van der Waals surface area contributed by atoms with E-state index in [0.717, 1.165) is 12.1 Å². The van der Waals surface area contributed by atoms with E-state index < -0.39 is 52.0 Å². The van der Waals surface area contributed by atoms with Crippen molar-refractivity contribution in [2.24, 2.45) is 0 Å². The third-order valence-electron chi connectivity index (χ3n) is 4.01. The zero-order valence-corrected chi connectivity index (χ0v) is 13.5. The number of carbonyl (C=O) groups is 4. The lowest BCUT2D eigenvalue weighted by atomic mass is 9.84. The molecule has 2 aromatic rings. The van der Waals surface area contributed by atoms with Crippen molar-refractivity contribution in [1.29, 1.82) is 0 Å². The van der Waals surface area contributed by atoms with Crippen LogP contribution in [0.25, 0.3) is 0 Å². The Bertz CT molecular complexity index is 864. The third-order valence-corrected chi connectivity index (χ3v) is 4.01. The van der Waals surface area contributed by atoms with Gasteiger partial charge in [-0.3, -0.25) is 0 Å². The molecule has 0 aliphatic heterocycles. The van der Waals surface area contributed by atoms with Crippen LogP contribution in [0.1, 0.15) is 68.3 Å². The minimum atomic E-state index is -1.48. The van der Waals surface area contributed by atoms with Crippen molar-refractivity contribution < 1.29 is 42.5 Å². The Kier molecular flexibility index (Phi) is 5.06. The molecule has 0 atom stereocenters. The molecule has 2 aromatic carbocycles. The maximum Gasteiger partial charge on any atom is 0.336 e. The Morgan fingerprint density at radius 1 is 0.692 bits per heavy atom. The van der Waals surface area contributed by atoms with E-state index in [1.807, 2.05) is 0 Å². The third kappa shape index (κ3) is 3.25. The van der Waals surface area contributed by atoms with Crippen LogP contribution >= 0.6 is 0 Å². The average Bonchev–Trinajstić information content (AvgIpc) is 2.59. The van der Waals surface area contributed by atoms with Gasteiger partial charge in [-0.1, -0.05) is 31.2 Å². The van der Waals surface area contributed by atoms with E-state index in [2.05, 4.69) is 0 Å². The van der Waals surface area contributed by atoms with Crippen molar-refractivity contribution in [2.45, 2.75) is 12.8 Å². The molecule has 0 fully saturated rings. The van der Waals surface area contributed by atoms with E-state index >= 15 is 0 Å². The monoisotopic (exact) mass is 362 g/mol. The first-order valence-electron chi connectivity index (χ1n) is 7.35. The van der Waals surface area contributed by atoms with Crippen molar-refractivity contribution in [3.8, 4) is 0 Å². The van der Waals surface area contributed by atoms with E-state index in [0.29, 0.717) is 0 Å². The molecule has 2 rings (SSSR count). The SMILES string of the molecule is CC(c1cccc(C(=O)O)c1C(=O)O)c1cccc(C(=O)O)c1C(=O)O.[HH].[HH]. The summed E-state index contributed by atoms with van der Waals surface area (Å²) in [7, 11) is 0. The van der Waals surface area contributed by atoms with Crippen molar-refractivity contribution in [3.63, 3.8) is 0 Å². The van der Waals surface area contributed by atoms with Gasteiger partial charge in [0.25, 0.3) is 0 Å². The fourth-order valence-corrected chi connectivity index (χ4v) is 2.86. The minimum Gasteiger partial charge on any atom is -0.478 e. The maximum atomic E-state index is 11.6. The quantitative estimate of drug-likeness (QED) is 0.612. The van der Waals surface area contributed by atoms with Crippen LogP contribution in [0.3, 0.4) is 0 Å². The van der Waals surface area contributed by atoms with Crippen LogP contribution in [0.5, 0.6) is 0 Å². The largest absolute Gasteiger partial charge is 0.478 e. The molecule has 0 aliphatic rings. The Hall–Kier alpha value is -3.68. The van der Waals surface area contributed by atoms with Crippen LogP contribution in [0.2, 0.25) is 0 Å². The Morgan fingerprint density at radius 3 is 1.31 bits per heavy atom. The highest BCUT2D eigenvalue weighted by Crippen LogP contribution is 2.32. The molecule has 138 valence electrons. The van der Waals surface area contributed by atoms with Gasteiger partial charge in [0.2, 0.25) is 0 Å². The summed E-state index contributed by atoms with van der Waals surface area (Å²) in [5.41, 5.74) is -1.67. The number of hydrogen-bond donors (Lipinski definition) is 4. The van der Waals surface area contributed by atoms with Crippen molar-refractivity contribution in [2.75, 3.05) is 0 Å². The Labute approximate surface area is 149 Å². The first-order chi connectivity index (χ1) is 12.2. The summed E-state index contributed by atoms with van der Waals surface area (Å²) in [4.78, 5) is 45.8. The molecule has 4 N–H and O–H groups in total. The first kappa shape index (κ1) is 18.7. The zero-order chi connectivity index (χ0) is 19.6. The van der Waals surface area contributed by atoms with E-state index in [9.17, 15) is 39.6 Å². The van der Waals surface area contributed by atoms with Gasteiger partial charge in [-0.25, -0.2) is 19.2 Å². The van der Waals surface area contributed by atoms with Crippen LogP contribution in [0.15, 0.2) is 36.4 Å². The number of benzene rings is 2. The molecule has 8 nitrogen and oxygen atoms in total. The summed E-state index contributed by atoms with van der Waals surface area (Å²) >= 11 is 0. The molecule has 0 heterocycles. The van der Waals surface area contributed by atoms with Gasteiger partial charge in [0.05, 0.1) is 22.3 Å². The van der Waals surface area contributed by atoms with Crippen LogP contribution in [0, 0.1) is 0 Å². The fourth-order valence-electron chi connectivity index (χ4n) is 2.86. The number of hydrogen-bond acceptors (Lipinski definition) is 4. The second kappa shape index (κ2) is 7.06. The molecule has 0 saturated carbocycles. The minimum absolute atomic E-state index is 0. The standard InChI is InChI=1S/C18H14O8.2H2/c1-8(9-4-2-6-11(15(19)20)13(9)17(23)24)10-5-3-7-12(16(21)22)14(10)18(25)26;;/h2-8H,1H3,(H,19,20)(H,21,22)(H,23,24)(H,25,26);2*1H. The van der Waals surface area contributed by atoms with Gasteiger partial charge in [0, 0.05) is 8.77 Å². The molecule has 0 spiro atoms. The maximum absolute atomic E-state index is 11.6. The molecule has 0 amide bonds. The smallest absolute Gasteiger partial charge is 0.336 e. The van der Waals surface area contributed by atoms with Gasteiger partial charge in [-0.2, -0.15) is 0 Å². The molecule has 0 bridgehead atoms. The van der Waals surface area contributed by atoms with E-state index in [4.69, 9.17) is 0 Å². The topological polar surface area (TPSA) is 149 Å². The summed E-state index contributed by atoms with van der Waals surface area (Å²) in [6.07, 6.45) is 0. The highest BCUT2D eigenvalue weighted by Gasteiger charge is 2.28. The predicted octanol–water partition coefficient (Wildman–Crippen LogP) is 3.12. The van der Waals surface area contributed by atoms with Crippen LogP contribution in [0.4, 0.5) is 0 Å². The molecule has 0 radical (unpaired) electrons. The van der Waals surface area contributed by atoms with Gasteiger partial charge in [0.1, 0.15) is 0 Å². The highest BCUT2D eigenvalue weighted by molar-refractivity contribution is 6.04. The van der Waals surface area contributed by atoms with Gasteiger partial charge in [-0.05, 0) is 23.3 Å². The summed E-state index contributed by atoms with van der Waals surface area (Å²) in [6.45, 7) is 1.49. The van der Waals surface area contributed by atoms with E-state index in [-0.39, 0.29) is 14.0 Å². The molecule has 0 unspecified atom stereocenters. The number of aromatic carboxylic acids is 4. The molecule has 8 heteroatoms. The summed E-state index contributed by atoms with van der Waals surface area (Å²) in [5, 5.41) is 37.3. The second-order valence-corrected chi connectivity index (χ2v) is 5.48. The summed E-state index contributed by atoms with van der Waals surface area (Å²) < 4.78 is 0. The lowest BCUT2D eigenvalue weighted by molar-refractivity contribution is 0.0648. The molecular weight excluding hydrogens is 344 g/mol. The van der Waals surface area contributed by atoms with Crippen molar-refractivity contribution >= 4 is 23.9 Å². The van der Waals surface area contributed by atoms with Gasteiger partial charge < -0.3 is 20.4 Å². The number of rotatable bonds is 6. The number of carboxylic acids is 4. The molecule has 26 heavy (non-hydrogen) atoms. The molecule has 0 aliphatic carbocycles. The van der Waals surface area contributed by atoms with Crippen LogP contribution in [-0.2, 0) is 0 Å². The Morgan fingerprint density at radius 2 is 1.04 bits per heavy atom.